The molecule has 1 atom stereocenters. The molecular weight excluding hydrogens is 392 g/mol. The molecule has 2 aromatic rings. The molecule has 0 aliphatic carbocycles. The lowest BCUT2D eigenvalue weighted by molar-refractivity contribution is 0.0905. The number of nitrogens with zero attached hydrogens (tertiary/aromatic N) is 2. The first-order valence-electron chi connectivity index (χ1n) is 7.43. The van der Waals surface area contributed by atoms with Gasteiger partial charge in [-0.1, -0.05) is 15.9 Å². The number of aromatic nitrogens is 2. The van der Waals surface area contributed by atoms with Crippen LogP contribution in [0.15, 0.2) is 29.1 Å². The lowest BCUT2D eigenvalue weighted by Crippen LogP contribution is -2.31. The molecule has 1 aromatic carbocycles. The Hall–Kier alpha value is -2.48. The number of alkyl halides is 1. The number of halogens is 1. The molecule has 0 saturated carbocycles. The zero-order valence-corrected chi connectivity index (χ0v) is 15.8. The van der Waals surface area contributed by atoms with Crippen LogP contribution < -0.4 is 10.4 Å². The number of ether oxygens (including phenoxy) is 1. The molecule has 2 rings (SSSR count). The Labute approximate surface area is 152 Å². The van der Waals surface area contributed by atoms with Gasteiger partial charge in [-0.2, -0.15) is 0 Å². The van der Waals surface area contributed by atoms with E-state index in [4.69, 9.17) is 4.74 Å². The maximum atomic E-state index is 13.0. The minimum absolute atomic E-state index is 0.123. The average molecular weight is 409 g/mol. The molecule has 1 heterocycles. The third-order valence-corrected chi connectivity index (χ3v) is 4.10. The molecule has 1 aromatic heterocycles. The van der Waals surface area contributed by atoms with Crippen molar-refractivity contribution in [3.63, 3.8) is 0 Å². The summed E-state index contributed by atoms with van der Waals surface area (Å²) < 4.78 is 6.64. The van der Waals surface area contributed by atoms with Crippen LogP contribution in [0.25, 0.3) is 0 Å². The molecule has 8 heteroatoms. The summed E-state index contributed by atoms with van der Waals surface area (Å²) in [6.45, 7) is 4.04. The van der Waals surface area contributed by atoms with E-state index in [1.807, 2.05) is 0 Å². The molecule has 0 bridgehead atoms. The van der Waals surface area contributed by atoms with Gasteiger partial charge in [-0.05, 0) is 31.2 Å². The fourth-order valence-electron chi connectivity index (χ4n) is 2.58. The van der Waals surface area contributed by atoms with Gasteiger partial charge in [0.25, 0.3) is 0 Å². The van der Waals surface area contributed by atoms with Crippen LogP contribution in [0.3, 0.4) is 0 Å². The van der Waals surface area contributed by atoms with Crippen LogP contribution in [0, 0.1) is 0 Å². The molecule has 0 spiro atoms. The van der Waals surface area contributed by atoms with Crippen molar-refractivity contribution in [2.75, 3.05) is 7.11 Å². The Kier molecular flexibility index (Phi) is 5.42. The standard InChI is InChI=1S/C17H17BrN2O5/c1-9(18)14-15(16(23)12-5-7-13(25-4)8-6-12)20(11(3)22)17(24)19(14)10(2)21/h5-9H,1-4H3. The number of carbonyl (C=O) groups excluding carboxylic acids is 3. The zero-order valence-electron chi connectivity index (χ0n) is 14.2. The van der Waals surface area contributed by atoms with Crippen molar-refractivity contribution >= 4 is 33.5 Å². The highest BCUT2D eigenvalue weighted by Crippen LogP contribution is 2.27. The lowest BCUT2D eigenvalue weighted by Gasteiger charge is -2.10. The van der Waals surface area contributed by atoms with E-state index < -0.39 is 28.1 Å². The molecule has 0 amide bonds. The molecule has 0 fully saturated rings. The van der Waals surface area contributed by atoms with Gasteiger partial charge in [-0.3, -0.25) is 14.4 Å². The van der Waals surface area contributed by atoms with E-state index in [9.17, 15) is 19.2 Å². The normalized spacial score (nSPS) is 11.9. The first-order chi connectivity index (χ1) is 11.7. The van der Waals surface area contributed by atoms with E-state index >= 15 is 0 Å². The molecular formula is C17H17BrN2O5. The predicted molar refractivity (Wildman–Crippen MR) is 95.1 cm³/mol. The SMILES string of the molecule is COc1ccc(C(=O)c2c(C(C)Br)n(C(C)=O)c(=O)n2C(C)=O)cc1. The van der Waals surface area contributed by atoms with E-state index in [1.54, 1.807) is 19.1 Å². The van der Waals surface area contributed by atoms with Gasteiger partial charge in [0, 0.05) is 19.4 Å². The second-order valence-electron chi connectivity index (χ2n) is 5.40. The minimum atomic E-state index is -0.849. The monoisotopic (exact) mass is 408 g/mol. The highest BCUT2D eigenvalue weighted by molar-refractivity contribution is 9.09. The zero-order chi connectivity index (χ0) is 18.9. The molecule has 0 radical (unpaired) electrons. The Balaban J connectivity index is 2.79. The van der Waals surface area contributed by atoms with Crippen LogP contribution in [-0.2, 0) is 0 Å². The van der Waals surface area contributed by atoms with Gasteiger partial charge >= 0.3 is 5.69 Å². The third-order valence-electron chi connectivity index (χ3n) is 3.66. The first-order valence-corrected chi connectivity index (χ1v) is 8.34. The number of ketones is 1. The average Bonchev–Trinajstić information content (AvgIpc) is 2.87. The first kappa shape index (κ1) is 18.9. The summed E-state index contributed by atoms with van der Waals surface area (Å²) in [5.41, 5.74) is -0.556. The van der Waals surface area contributed by atoms with Crippen LogP contribution in [0.2, 0.25) is 0 Å². The third kappa shape index (κ3) is 3.34. The van der Waals surface area contributed by atoms with Crippen LogP contribution >= 0.6 is 15.9 Å². The molecule has 25 heavy (non-hydrogen) atoms. The van der Waals surface area contributed by atoms with Gasteiger partial charge in [-0.15, -0.1) is 0 Å². The van der Waals surface area contributed by atoms with Gasteiger partial charge in [0.2, 0.25) is 17.6 Å². The van der Waals surface area contributed by atoms with Gasteiger partial charge in [-0.25, -0.2) is 13.9 Å². The lowest BCUT2D eigenvalue weighted by atomic mass is 10.1. The number of hydrogen-bond donors (Lipinski definition) is 0. The van der Waals surface area contributed by atoms with E-state index in [-0.39, 0.29) is 17.0 Å². The Bertz CT molecular complexity index is 906. The van der Waals surface area contributed by atoms with Crippen LogP contribution in [0.1, 0.15) is 56.9 Å². The number of methoxy groups -OCH3 is 1. The van der Waals surface area contributed by atoms with Gasteiger partial charge < -0.3 is 4.74 Å². The Morgan fingerprint density at radius 1 is 1.04 bits per heavy atom. The summed E-state index contributed by atoms with van der Waals surface area (Å²) in [6.07, 6.45) is 0. The Morgan fingerprint density at radius 2 is 1.56 bits per heavy atom. The highest BCUT2D eigenvalue weighted by atomic mass is 79.9. The summed E-state index contributed by atoms with van der Waals surface area (Å²) in [5.74, 6) is -1.18. The summed E-state index contributed by atoms with van der Waals surface area (Å²) in [4.78, 5) is 48.9. The van der Waals surface area contributed by atoms with Crippen molar-refractivity contribution in [3.8, 4) is 5.75 Å². The van der Waals surface area contributed by atoms with Gasteiger partial charge in [0.05, 0.1) is 17.6 Å². The van der Waals surface area contributed by atoms with Crippen LogP contribution in [0.4, 0.5) is 0 Å². The van der Waals surface area contributed by atoms with Crippen LogP contribution in [-0.4, -0.2) is 33.8 Å². The van der Waals surface area contributed by atoms with Gasteiger partial charge in [0.15, 0.2) is 0 Å². The van der Waals surface area contributed by atoms with Crippen LogP contribution in [0.5, 0.6) is 5.75 Å². The number of hydrogen-bond acceptors (Lipinski definition) is 5. The smallest absolute Gasteiger partial charge is 0.342 e. The van der Waals surface area contributed by atoms with E-state index in [0.29, 0.717) is 5.75 Å². The summed E-state index contributed by atoms with van der Waals surface area (Å²) in [5, 5.41) is 0. The van der Waals surface area contributed by atoms with E-state index in [1.165, 1.54) is 33.1 Å². The molecule has 0 saturated heterocycles. The second kappa shape index (κ2) is 7.18. The molecule has 0 aliphatic heterocycles. The molecule has 132 valence electrons. The van der Waals surface area contributed by atoms with Crippen molar-refractivity contribution in [1.29, 1.82) is 0 Å². The summed E-state index contributed by atoms with van der Waals surface area (Å²) in [6, 6.07) is 6.26. The molecule has 1 unspecified atom stereocenters. The number of imidazole rings is 1. The fourth-order valence-corrected chi connectivity index (χ4v) is 3.00. The number of rotatable bonds is 4. The van der Waals surface area contributed by atoms with E-state index in [0.717, 1.165) is 9.13 Å². The maximum absolute atomic E-state index is 13.0. The van der Waals surface area contributed by atoms with Crippen molar-refractivity contribution in [3.05, 3.63) is 51.7 Å². The summed E-state index contributed by atoms with van der Waals surface area (Å²) >= 11 is 3.30. The topological polar surface area (TPSA) is 87.4 Å². The van der Waals surface area contributed by atoms with Gasteiger partial charge in [0.1, 0.15) is 11.4 Å². The largest absolute Gasteiger partial charge is 0.497 e. The van der Waals surface area contributed by atoms with E-state index in [2.05, 4.69) is 15.9 Å². The van der Waals surface area contributed by atoms with Crippen molar-refractivity contribution in [2.24, 2.45) is 0 Å². The van der Waals surface area contributed by atoms with Crippen molar-refractivity contribution in [2.45, 2.75) is 25.6 Å². The fraction of sp³-hybridized carbons (Fsp3) is 0.294. The Morgan fingerprint density at radius 3 is 1.96 bits per heavy atom. The maximum Gasteiger partial charge on any atom is 0.342 e. The molecule has 7 nitrogen and oxygen atoms in total. The highest BCUT2D eigenvalue weighted by Gasteiger charge is 2.31. The summed E-state index contributed by atoms with van der Waals surface area (Å²) in [7, 11) is 1.50. The second-order valence-corrected chi connectivity index (χ2v) is 6.77. The predicted octanol–water partition coefficient (Wildman–Crippen LogP) is 2.67. The van der Waals surface area contributed by atoms with Crippen molar-refractivity contribution in [1.82, 2.24) is 9.13 Å². The minimum Gasteiger partial charge on any atom is -0.497 e. The molecule has 0 N–H and O–H groups in total. The molecule has 0 aliphatic rings. The quantitative estimate of drug-likeness (QED) is 0.573. The number of carbonyl (C=O) groups is 3. The number of benzene rings is 1. The van der Waals surface area contributed by atoms with Crippen molar-refractivity contribution < 1.29 is 19.1 Å².